The van der Waals surface area contributed by atoms with E-state index in [1.54, 1.807) is 0 Å². The Hall–Kier alpha value is -5.02. The molecule has 0 saturated carbocycles. The molecule has 8 rings (SSSR count). The number of rotatable bonds is 2. The first-order valence-corrected chi connectivity index (χ1v) is 13.0. The summed E-state index contributed by atoms with van der Waals surface area (Å²) in [7, 11) is 0. The third-order valence-corrected chi connectivity index (χ3v) is 7.86. The van der Waals surface area contributed by atoms with E-state index in [4.69, 9.17) is 5.73 Å². The fourth-order valence-corrected chi connectivity index (χ4v) is 6.17. The van der Waals surface area contributed by atoms with E-state index in [-0.39, 0.29) is 0 Å². The molecule has 2 N–H and O–H groups in total. The van der Waals surface area contributed by atoms with Crippen molar-refractivity contribution in [2.45, 2.75) is 6.42 Å². The molecule has 1 aliphatic carbocycles. The van der Waals surface area contributed by atoms with Crippen LogP contribution >= 0.6 is 0 Å². The van der Waals surface area contributed by atoms with Crippen molar-refractivity contribution in [2.75, 3.05) is 4.90 Å². The maximum atomic E-state index is 6.17. The maximum Gasteiger partial charge on any atom is 0.0542 e. The number of nitrogens with zero attached hydrogens (tertiary/aromatic N) is 2. The molecule has 0 amide bonds. The lowest BCUT2D eigenvalue weighted by Gasteiger charge is -2.31. The van der Waals surface area contributed by atoms with E-state index < -0.39 is 0 Å². The monoisotopic (exact) mass is 487 g/mol. The molecule has 0 atom stereocenters. The number of anilines is 3. The number of para-hydroxylation sites is 3. The van der Waals surface area contributed by atoms with Gasteiger partial charge in [0.05, 0.1) is 22.4 Å². The van der Waals surface area contributed by atoms with E-state index in [1.165, 1.54) is 60.4 Å². The van der Waals surface area contributed by atoms with Gasteiger partial charge in [-0.1, -0.05) is 66.7 Å². The van der Waals surface area contributed by atoms with Crippen LogP contribution in [0.3, 0.4) is 0 Å². The third kappa shape index (κ3) is 3.02. The van der Waals surface area contributed by atoms with Gasteiger partial charge in [-0.3, -0.25) is 0 Å². The molecule has 3 nitrogen and oxygen atoms in total. The van der Waals surface area contributed by atoms with Gasteiger partial charge >= 0.3 is 0 Å². The predicted octanol–water partition coefficient (Wildman–Crippen LogP) is 6.57. The van der Waals surface area contributed by atoms with Gasteiger partial charge in [0, 0.05) is 39.5 Å². The normalized spacial score (nSPS) is 13.8. The Balaban J connectivity index is 1.42. The first kappa shape index (κ1) is 21.1. The van der Waals surface area contributed by atoms with E-state index in [9.17, 15) is 0 Å². The SMILES string of the molecule is NC1=CC=c2c(ccc3c2=Cc2ccccc2N3c2ccc3c(c2)c2ccccc2n3-c2ccccc2)C1. The first-order chi connectivity index (χ1) is 18.8. The minimum atomic E-state index is 0.791. The van der Waals surface area contributed by atoms with E-state index in [1.807, 2.05) is 6.08 Å². The van der Waals surface area contributed by atoms with Crippen LogP contribution < -0.4 is 21.1 Å². The lowest BCUT2D eigenvalue weighted by atomic mass is 9.95. The van der Waals surface area contributed by atoms with Crippen LogP contribution in [0.2, 0.25) is 0 Å². The Labute approximate surface area is 220 Å². The number of allylic oxidation sites excluding steroid dienone is 2. The Morgan fingerprint density at radius 3 is 2.29 bits per heavy atom. The number of hydrogen-bond donors (Lipinski definition) is 1. The van der Waals surface area contributed by atoms with Crippen LogP contribution in [0.15, 0.2) is 121 Å². The van der Waals surface area contributed by atoms with E-state index in [2.05, 4.69) is 131 Å². The van der Waals surface area contributed by atoms with Crippen LogP contribution in [0.4, 0.5) is 17.1 Å². The van der Waals surface area contributed by atoms with Crippen LogP contribution in [0.5, 0.6) is 0 Å². The predicted molar refractivity (Wildman–Crippen MR) is 159 cm³/mol. The molecule has 1 aromatic heterocycles. The number of fused-ring (bicyclic) bond motifs is 7. The second-order valence-corrected chi connectivity index (χ2v) is 10.1. The summed E-state index contributed by atoms with van der Waals surface area (Å²) < 4.78 is 2.36. The Kier molecular flexibility index (Phi) is 4.44. The smallest absolute Gasteiger partial charge is 0.0542 e. The zero-order chi connectivity index (χ0) is 25.2. The molecule has 5 aromatic carbocycles. The van der Waals surface area contributed by atoms with Gasteiger partial charge in [0.15, 0.2) is 0 Å². The van der Waals surface area contributed by atoms with Crippen molar-refractivity contribution >= 4 is 51.0 Å². The molecule has 1 aliphatic heterocycles. The van der Waals surface area contributed by atoms with Gasteiger partial charge < -0.3 is 15.2 Å². The van der Waals surface area contributed by atoms with Gasteiger partial charge in [-0.05, 0) is 77.0 Å². The highest BCUT2D eigenvalue weighted by Crippen LogP contribution is 2.41. The maximum absolute atomic E-state index is 6.17. The van der Waals surface area contributed by atoms with Crippen LogP contribution in [-0.2, 0) is 6.42 Å². The molecule has 0 unspecified atom stereocenters. The summed E-state index contributed by atoms with van der Waals surface area (Å²) in [6, 6.07) is 39.3. The summed E-state index contributed by atoms with van der Waals surface area (Å²) in [6.45, 7) is 0. The quantitative estimate of drug-likeness (QED) is 0.299. The summed E-state index contributed by atoms with van der Waals surface area (Å²) >= 11 is 0. The highest BCUT2D eigenvalue weighted by atomic mass is 15.1. The van der Waals surface area contributed by atoms with Crippen molar-refractivity contribution in [2.24, 2.45) is 5.73 Å². The van der Waals surface area contributed by atoms with Crippen molar-refractivity contribution in [1.29, 1.82) is 0 Å². The van der Waals surface area contributed by atoms with Gasteiger partial charge in [-0.15, -0.1) is 0 Å². The molecule has 0 fully saturated rings. The summed E-state index contributed by atoms with van der Waals surface area (Å²) in [4.78, 5) is 2.41. The molecule has 6 aromatic rings. The van der Waals surface area contributed by atoms with Gasteiger partial charge in [0.25, 0.3) is 0 Å². The number of benzene rings is 5. The summed E-state index contributed by atoms with van der Waals surface area (Å²) in [6.07, 6.45) is 7.34. The van der Waals surface area contributed by atoms with Gasteiger partial charge in [0.2, 0.25) is 0 Å². The highest BCUT2D eigenvalue weighted by molar-refractivity contribution is 6.10. The minimum absolute atomic E-state index is 0.791. The fraction of sp³-hybridized carbons (Fsp3) is 0.0286. The number of hydrogen-bond acceptors (Lipinski definition) is 2. The van der Waals surface area contributed by atoms with Crippen molar-refractivity contribution in [3.63, 3.8) is 0 Å². The van der Waals surface area contributed by atoms with E-state index in [0.29, 0.717) is 0 Å². The fourth-order valence-electron chi connectivity index (χ4n) is 6.17. The van der Waals surface area contributed by atoms with Crippen molar-refractivity contribution in [3.8, 4) is 5.69 Å². The Morgan fingerprint density at radius 1 is 0.579 bits per heavy atom. The third-order valence-electron chi connectivity index (χ3n) is 7.86. The zero-order valence-corrected chi connectivity index (χ0v) is 20.8. The van der Waals surface area contributed by atoms with Crippen molar-refractivity contribution < 1.29 is 0 Å². The standard InChI is InChI=1S/C35H25N3/c36-25-15-17-28-23(20-25)14-18-34-30(28)21-24-8-4-6-12-32(24)38(34)27-16-19-35-31(22-27)29-11-5-7-13-33(29)37(35)26-9-2-1-3-10-26/h1-19,21-22H,20,36H2. The molecule has 3 heteroatoms. The molecule has 0 spiro atoms. The van der Waals surface area contributed by atoms with E-state index in [0.717, 1.165) is 17.8 Å². The molecule has 0 saturated heterocycles. The molecular formula is C35H25N3. The summed E-state index contributed by atoms with van der Waals surface area (Å²) in [5, 5.41) is 5.01. The molecule has 38 heavy (non-hydrogen) atoms. The second kappa shape index (κ2) is 7.99. The van der Waals surface area contributed by atoms with Crippen LogP contribution in [0.25, 0.3) is 39.6 Å². The number of aromatic nitrogens is 1. The van der Waals surface area contributed by atoms with Gasteiger partial charge in [0.1, 0.15) is 0 Å². The van der Waals surface area contributed by atoms with Crippen molar-refractivity contribution in [1.82, 2.24) is 4.57 Å². The number of nitrogens with two attached hydrogens (primary N) is 1. The zero-order valence-electron chi connectivity index (χ0n) is 20.8. The molecule has 0 radical (unpaired) electrons. The molecule has 180 valence electrons. The molecular weight excluding hydrogens is 462 g/mol. The lowest BCUT2D eigenvalue weighted by molar-refractivity contribution is 1.07. The largest absolute Gasteiger partial charge is 0.402 e. The highest BCUT2D eigenvalue weighted by Gasteiger charge is 2.23. The topological polar surface area (TPSA) is 34.2 Å². The Morgan fingerprint density at radius 2 is 1.37 bits per heavy atom. The van der Waals surface area contributed by atoms with E-state index >= 15 is 0 Å². The summed E-state index contributed by atoms with van der Waals surface area (Å²) in [5.74, 6) is 0. The molecule has 2 aliphatic rings. The van der Waals surface area contributed by atoms with Crippen LogP contribution in [0.1, 0.15) is 11.1 Å². The lowest BCUT2D eigenvalue weighted by Crippen LogP contribution is -2.37. The van der Waals surface area contributed by atoms with Crippen LogP contribution in [0, 0.1) is 0 Å². The average molecular weight is 488 g/mol. The Bertz CT molecular complexity index is 2060. The van der Waals surface area contributed by atoms with Crippen LogP contribution in [-0.4, -0.2) is 4.57 Å². The average Bonchev–Trinajstić information content (AvgIpc) is 3.30. The summed E-state index contributed by atoms with van der Waals surface area (Å²) in [5.41, 5.74) is 16.7. The minimum Gasteiger partial charge on any atom is -0.402 e. The second-order valence-electron chi connectivity index (χ2n) is 10.1. The van der Waals surface area contributed by atoms with Gasteiger partial charge in [-0.2, -0.15) is 0 Å². The van der Waals surface area contributed by atoms with Crippen molar-refractivity contribution in [3.05, 3.63) is 143 Å². The molecule has 0 bridgehead atoms. The molecule has 2 heterocycles. The first-order valence-electron chi connectivity index (χ1n) is 13.0. The van der Waals surface area contributed by atoms with Gasteiger partial charge in [-0.25, -0.2) is 0 Å².